The monoisotopic (exact) mass is 569 g/mol. The molecule has 0 atom stereocenters. The van der Waals surface area contributed by atoms with Gasteiger partial charge in [0.2, 0.25) is 5.90 Å². The average Bonchev–Trinajstić information content (AvgIpc) is 3.06. The number of aliphatic imine (C=N–C) groups is 1. The molecular weight excluding hydrogens is 549 g/mol. The minimum atomic E-state index is -0.476. The summed E-state index contributed by atoms with van der Waals surface area (Å²) in [5.74, 6) is 1.17. The highest BCUT2D eigenvalue weighted by Crippen LogP contribution is 2.30. The lowest BCUT2D eigenvalue weighted by Gasteiger charge is -2.12. The van der Waals surface area contributed by atoms with E-state index in [4.69, 9.17) is 14.2 Å². The summed E-state index contributed by atoms with van der Waals surface area (Å²) < 4.78 is 18.9. The first kappa shape index (κ1) is 21.8. The second-order valence-corrected chi connectivity index (χ2v) is 8.32. The molecule has 29 heavy (non-hydrogen) atoms. The molecule has 0 N–H and O–H groups in total. The molecule has 2 aromatic carbocycles. The van der Waals surface area contributed by atoms with Crippen molar-refractivity contribution < 1.29 is 19.0 Å². The molecule has 1 heterocycles. The van der Waals surface area contributed by atoms with Crippen LogP contribution in [0.2, 0.25) is 0 Å². The molecule has 3 rings (SSSR count). The van der Waals surface area contributed by atoms with Crippen LogP contribution in [0.25, 0.3) is 6.08 Å². The SMILES string of the molecule is CCCCOc1ccc(/C=C2\N=C(c3ccc(I)c(Br)c3)OC2=O)cc1OCC. The molecule has 152 valence electrons. The van der Waals surface area contributed by atoms with E-state index in [0.29, 0.717) is 30.6 Å². The van der Waals surface area contributed by atoms with Gasteiger partial charge >= 0.3 is 5.97 Å². The van der Waals surface area contributed by atoms with Crippen LogP contribution in [0.15, 0.2) is 51.6 Å². The molecule has 5 nitrogen and oxygen atoms in total. The van der Waals surface area contributed by atoms with Gasteiger partial charge in [-0.15, -0.1) is 0 Å². The summed E-state index contributed by atoms with van der Waals surface area (Å²) in [7, 11) is 0. The molecule has 0 aromatic heterocycles. The zero-order valence-electron chi connectivity index (χ0n) is 16.2. The highest BCUT2D eigenvalue weighted by molar-refractivity contribution is 14.1. The number of hydrogen-bond acceptors (Lipinski definition) is 5. The summed E-state index contributed by atoms with van der Waals surface area (Å²) >= 11 is 5.71. The average molecular weight is 570 g/mol. The largest absolute Gasteiger partial charge is 0.490 e. The first-order valence-electron chi connectivity index (χ1n) is 9.39. The van der Waals surface area contributed by atoms with E-state index in [2.05, 4.69) is 50.4 Å². The van der Waals surface area contributed by atoms with Gasteiger partial charge in [-0.1, -0.05) is 19.4 Å². The molecule has 0 aliphatic carbocycles. The summed E-state index contributed by atoms with van der Waals surface area (Å²) in [6.07, 6.45) is 3.73. The number of ether oxygens (including phenoxy) is 3. The van der Waals surface area contributed by atoms with Gasteiger partial charge in [-0.05, 0) is 93.8 Å². The fourth-order valence-electron chi connectivity index (χ4n) is 2.65. The Balaban J connectivity index is 1.86. The molecule has 0 fully saturated rings. The second kappa shape index (κ2) is 10.2. The number of hydrogen-bond donors (Lipinski definition) is 0. The third kappa shape index (κ3) is 5.60. The maximum absolute atomic E-state index is 12.3. The van der Waals surface area contributed by atoms with E-state index in [9.17, 15) is 4.79 Å². The van der Waals surface area contributed by atoms with Gasteiger partial charge in [0.05, 0.1) is 13.2 Å². The fraction of sp³-hybridized carbons (Fsp3) is 0.273. The lowest BCUT2D eigenvalue weighted by atomic mass is 10.1. The quantitative estimate of drug-likeness (QED) is 0.170. The molecule has 0 bridgehead atoms. The predicted octanol–water partition coefficient (Wildman–Crippen LogP) is 5.98. The molecule has 7 heteroatoms. The van der Waals surface area contributed by atoms with E-state index in [0.717, 1.165) is 32.0 Å². The summed E-state index contributed by atoms with van der Waals surface area (Å²) in [5.41, 5.74) is 1.78. The van der Waals surface area contributed by atoms with Crippen molar-refractivity contribution in [3.05, 3.63) is 61.3 Å². The summed E-state index contributed by atoms with van der Waals surface area (Å²) in [4.78, 5) is 16.7. The fourth-order valence-corrected chi connectivity index (χ4v) is 3.36. The first-order chi connectivity index (χ1) is 14.0. The molecule has 0 amide bonds. The van der Waals surface area contributed by atoms with E-state index >= 15 is 0 Å². The number of cyclic esters (lactones) is 1. The van der Waals surface area contributed by atoms with Gasteiger partial charge in [-0.25, -0.2) is 9.79 Å². The normalized spacial score (nSPS) is 14.7. The van der Waals surface area contributed by atoms with E-state index in [1.165, 1.54) is 0 Å². The summed E-state index contributed by atoms with van der Waals surface area (Å²) in [6.45, 7) is 5.20. The predicted molar refractivity (Wildman–Crippen MR) is 125 cm³/mol. The molecule has 0 spiro atoms. The van der Waals surface area contributed by atoms with E-state index in [1.807, 2.05) is 43.3 Å². The highest BCUT2D eigenvalue weighted by atomic mass is 127. The molecule has 0 radical (unpaired) electrons. The van der Waals surface area contributed by atoms with E-state index < -0.39 is 5.97 Å². The Bertz CT molecular complexity index is 971. The molecule has 1 aliphatic rings. The van der Waals surface area contributed by atoms with Gasteiger partial charge in [0, 0.05) is 13.6 Å². The second-order valence-electron chi connectivity index (χ2n) is 6.31. The van der Waals surface area contributed by atoms with Crippen LogP contribution in [-0.4, -0.2) is 25.1 Å². The Morgan fingerprint density at radius 2 is 1.97 bits per heavy atom. The molecule has 1 aliphatic heterocycles. The van der Waals surface area contributed by atoms with Crippen molar-refractivity contribution in [2.24, 2.45) is 4.99 Å². The van der Waals surface area contributed by atoms with Gasteiger partial charge in [0.15, 0.2) is 17.2 Å². The molecular formula is C22H21BrINO4. The third-order valence-electron chi connectivity index (χ3n) is 4.11. The lowest BCUT2D eigenvalue weighted by molar-refractivity contribution is -0.129. The number of rotatable bonds is 8. The van der Waals surface area contributed by atoms with Gasteiger partial charge in [-0.2, -0.15) is 0 Å². The van der Waals surface area contributed by atoms with Gasteiger partial charge < -0.3 is 14.2 Å². The Morgan fingerprint density at radius 1 is 1.14 bits per heavy atom. The standard InChI is InChI=1S/C22H21BrINO4/c1-3-5-10-28-19-9-6-14(12-20(19)27-4-2)11-18-22(26)29-21(25-18)15-7-8-17(24)16(23)13-15/h6-9,11-13H,3-5,10H2,1-2H3/b18-11-. The number of carbonyl (C=O) groups excluding carboxylic acids is 1. The van der Waals surface area contributed by atoms with Crippen molar-refractivity contribution >= 4 is 56.5 Å². The number of unbranched alkanes of at least 4 members (excludes halogenated alkanes) is 1. The van der Waals surface area contributed by atoms with Crippen LogP contribution in [0.3, 0.4) is 0 Å². The number of benzene rings is 2. The minimum Gasteiger partial charge on any atom is -0.490 e. The number of esters is 1. The molecule has 2 aromatic rings. The topological polar surface area (TPSA) is 57.1 Å². The lowest BCUT2D eigenvalue weighted by Crippen LogP contribution is -2.05. The zero-order valence-corrected chi connectivity index (χ0v) is 19.9. The van der Waals surface area contributed by atoms with Crippen LogP contribution in [-0.2, 0) is 9.53 Å². The number of nitrogens with zero attached hydrogens (tertiary/aromatic N) is 1. The van der Waals surface area contributed by atoms with Gasteiger partial charge in [-0.3, -0.25) is 0 Å². The molecule has 0 unspecified atom stereocenters. The van der Waals surface area contributed by atoms with E-state index in [-0.39, 0.29) is 5.70 Å². The Labute approximate surface area is 192 Å². The van der Waals surface area contributed by atoms with Crippen molar-refractivity contribution in [1.82, 2.24) is 0 Å². The van der Waals surface area contributed by atoms with Crippen molar-refractivity contribution in [2.45, 2.75) is 26.7 Å². The van der Waals surface area contributed by atoms with Crippen molar-refractivity contribution in [3.8, 4) is 11.5 Å². The van der Waals surface area contributed by atoms with E-state index in [1.54, 1.807) is 6.08 Å². The van der Waals surface area contributed by atoms with Crippen molar-refractivity contribution in [3.63, 3.8) is 0 Å². The first-order valence-corrected chi connectivity index (χ1v) is 11.3. The highest BCUT2D eigenvalue weighted by Gasteiger charge is 2.24. The Morgan fingerprint density at radius 3 is 2.69 bits per heavy atom. The van der Waals surface area contributed by atoms with Crippen LogP contribution >= 0.6 is 38.5 Å². The smallest absolute Gasteiger partial charge is 0.363 e. The van der Waals surface area contributed by atoms with Crippen LogP contribution in [0, 0.1) is 3.57 Å². The van der Waals surface area contributed by atoms with Crippen LogP contribution in [0.1, 0.15) is 37.8 Å². The molecule has 0 saturated carbocycles. The Kier molecular flexibility index (Phi) is 7.71. The van der Waals surface area contributed by atoms with Crippen LogP contribution < -0.4 is 9.47 Å². The summed E-state index contributed by atoms with van der Waals surface area (Å²) in [5, 5.41) is 0. The van der Waals surface area contributed by atoms with Crippen molar-refractivity contribution in [1.29, 1.82) is 0 Å². The zero-order chi connectivity index (χ0) is 20.8. The van der Waals surface area contributed by atoms with Crippen molar-refractivity contribution in [2.75, 3.05) is 13.2 Å². The third-order valence-corrected chi connectivity index (χ3v) is 6.45. The maximum atomic E-state index is 12.3. The van der Waals surface area contributed by atoms with Crippen LogP contribution in [0.4, 0.5) is 0 Å². The van der Waals surface area contributed by atoms with Crippen LogP contribution in [0.5, 0.6) is 11.5 Å². The summed E-state index contributed by atoms with van der Waals surface area (Å²) in [6, 6.07) is 11.3. The van der Waals surface area contributed by atoms with Gasteiger partial charge in [0.1, 0.15) is 0 Å². The van der Waals surface area contributed by atoms with Gasteiger partial charge in [0.25, 0.3) is 0 Å². The number of carbonyl (C=O) groups is 1. The number of halogens is 2. The maximum Gasteiger partial charge on any atom is 0.363 e. The minimum absolute atomic E-state index is 0.247. The Hall–Kier alpha value is -1.87. The molecule has 0 saturated heterocycles.